The molecule has 1 atom stereocenters. The number of hydrogen-bond acceptors (Lipinski definition) is 4. The second kappa shape index (κ2) is 5.40. The Balaban J connectivity index is 1.89. The van der Waals surface area contributed by atoms with Gasteiger partial charge >= 0.3 is 0 Å². The van der Waals surface area contributed by atoms with Crippen molar-refractivity contribution in [2.45, 2.75) is 32.2 Å². The highest BCUT2D eigenvalue weighted by Crippen LogP contribution is 2.31. The number of likely N-dealkylation sites (tertiary alicyclic amines) is 1. The summed E-state index contributed by atoms with van der Waals surface area (Å²) in [4.78, 5) is 18.9. The molecular weight excluding hydrogens is 324 g/mol. The van der Waals surface area contributed by atoms with E-state index in [1.807, 2.05) is 11.8 Å². The first-order valence-electron chi connectivity index (χ1n) is 6.59. The molecule has 1 saturated heterocycles. The first kappa shape index (κ1) is 13.4. The second-order valence-corrected chi connectivity index (χ2v) is 5.62. The van der Waals surface area contributed by atoms with Crippen molar-refractivity contribution in [3.8, 4) is 0 Å². The van der Waals surface area contributed by atoms with Gasteiger partial charge in [-0.15, -0.1) is 0 Å². The van der Waals surface area contributed by atoms with Gasteiger partial charge in [-0.1, -0.05) is 0 Å². The van der Waals surface area contributed by atoms with E-state index in [4.69, 9.17) is 4.42 Å². The third-order valence-electron chi connectivity index (χ3n) is 3.52. The van der Waals surface area contributed by atoms with E-state index >= 15 is 0 Å². The average molecular weight is 339 g/mol. The molecule has 3 rings (SSSR count). The fourth-order valence-electron chi connectivity index (χ4n) is 2.55. The van der Waals surface area contributed by atoms with Gasteiger partial charge in [0.2, 0.25) is 0 Å². The summed E-state index contributed by atoms with van der Waals surface area (Å²) in [6.45, 7) is 2.58. The molecule has 0 aliphatic carbocycles. The van der Waals surface area contributed by atoms with Crippen LogP contribution in [0.4, 0.5) is 0 Å². The van der Waals surface area contributed by atoms with Crippen LogP contribution in [0.25, 0.3) is 0 Å². The van der Waals surface area contributed by atoms with Crippen LogP contribution in [0.3, 0.4) is 0 Å². The van der Waals surface area contributed by atoms with Crippen molar-refractivity contribution < 1.29 is 9.21 Å². The molecule has 6 nitrogen and oxygen atoms in total. The number of halogens is 1. The summed E-state index contributed by atoms with van der Waals surface area (Å²) in [6.07, 6.45) is 4.47. The molecule has 1 N–H and O–H groups in total. The SMILES string of the molecule is Cc1nc(C2CCCCN2C(=O)c2ccoc2Br)n[nH]1. The minimum Gasteiger partial charge on any atom is -0.457 e. The van der Waals surface area contributed by atoms with Gasteiger partial charge in [0.05, 0.1) is 17.9 Å². The Morgan fingerprint density at radius 1 is 1.55 bits per heavy atom. The van der Waals surface area contributed by atoms with E-state index in [-0.39, 0.29) is 11.9 Å². The van der Waals surface area contributed by atoms with Crippen molar-refractivity contribution in [2.24, 2.45) is 0 Å². The first-order chi connectivity index (χ1) is 9.66. The number of amides is 1. The van der Waals surface area contributed by atoms with E-state index in [2.05, 4.69) is 31.1 Å². The van der Waals surface area contributed by atoms with Crippen LogP contribution in [-0.2, 0) is 0 Å². The standard InChI is InChI=1S/C13H15BrN4O2/c1-8-15-12(17-16-8)10-4-2-3-6-18(10)13(19)9-5-7-20-11(9)14/h5,7,10H,2-4,6H2,1H3,(H,15,16,17). The van der Waals surface area contributed by atoms with Crippen molar-refractivity contribution >= 4 is 21.8 Å². The lowest BCUT2D eigenvalue weighted by molar-refractivity contribution is 0.0598. The average Bonchev–Trinajstić information content (AvgIpc) is 3.07. The van der Waals surface area contributed by atoms with Crippen molar-refractivity contribution in [1.82, 2.24) is 20.1 Å². The number of hydrogen-bond donors (Lipinski definition) is 1. The third-order valence-corrected chi connectivity index (χ3v) is 4.14. The number of H-pyrrole nitrogens is 1. The van der Waals surface area contributed by atoms with Gasteiger partial charge in [0.25, 0.3) is 5.91 Å². The third kappa shape index (κ3) is 2.37. The van der Waals surface area contributed by atoms with Gasteiger partial charge in [-0.2, -0.15) is 5.10 Å². The highest BCUT2D eigenvalue weighted by molar-refractivity contribution is 9.10. The molecule has 7 heteroatoms. The molecule has 0 spiro atoms. The first-order valence-corrected chi connectivity index (χ1v) is 7.39. The Hall–Kier alpha value is -1.63. The summed E-state index contributed by atoms with van der Waals surface area (Å²) in [5.41, 5.74) is 0.546. The van der Waals surface area contributed by atoms with E-state index in [9.17, 15) is 4.79 Å². The summed E-state index contributed by atoms with van der Waals surface area (Å²) < 4.78 is 5.62. The molecule has 20 heavy (non-hydrogen) atoms. The molecule has 3 heterocycles. The minimum absolute atomic E-state index is 0.0437. The van der Waals surface area contributed by atoms with Gasteiger partial charge in [0.15, 0.2) is 10.5 Å². The lowest BCUT2D eigenvalue weighted by Crippen LogP contribution is -2.39. The van der Waals surface area contributed by atoms with Gasteiger partial charge in [0, 0.05) is 6.54 Å². The van der Waals surface area contributed by atoms with Gasteiger partial charge in [-0.25, -0.2) is 4.98 Å². The number of nitrogens with zero attached hydrogens (tertiary/aromatic N) is 3. The summed E-state index contributed by atoms with van der Waals surface area (Å²) in [7, 11) is 0. The quantitative estimate of drug-likeness (QED) is 0.913. The molecule has 2 aromatic heterocycles. The number of carbonyl (C=O) groups is 1. The zero-order valence-electron chi connectivity index (χ0n) is 11.1. The fraction of sp³-hybridized carbons (Fsp3) is 0.462. The molecule has 1 amide bonds. The Morgan fingerprint density at radius 2 is 2.40 bits per heavy atom. The summed E-state index contributed by atoms with van der Waals surface area (Å²) >= 11 is 3.26. The summed E-state index contributed by atoms with van der Waals surface area (Å²) in [5.74, 6) is 1.41. The topological polar surface area (TPSA) is 75.0 Å². The molecule has 0 saturated carbocycles. The normalized spacial score (nSPS) is 19.3. The van der Waals surface area contributed by atoms with Crippen LogP contribution in [0, 0.1) is 6.92 Å². The number of aromatic nitrogens is 3. The predicted molar refractivity (Wildman–Crippen MR) is 75.2 cm³/mol. The van der Waals surface area contributed by atoms with Gasteiger partial charge in [0.1, 0.15) is 5.82 Å². The molecule has 1 aliphatic heterocycles. The van der Waals surface area contributed by atoms with Crippen LogP contribution in [0.2, 0.25) is 0 Å². The van der Waals surface area contributed by atoms with Crippen molar-refractivity contribution in [1.29, 1.82) is 0 Å². The molecule has 106 valence electrons. The van der Waals surface area contributed by atoms with Gasteiger partial charge in [-0.05, 0) is 48.2 Å². The maximum atomic E-state index is 12.6. The zero-order chi connectivity index (χ0) is 14.1. The largest absolute Gasteiger partial charge is 0.457 e. The molecule has 0 aromatic carbocycles. The summed E-state index contributed by atoms with van der Waals surface area (Å²) in [5, 5.41) is 7.06. The smallest absolute Gasteiger partial charge is 0.258 e. The van der Waals surface area contributed by atoms with Gasteiger partial charge < -0.3 is 9.32 Å². The van der Waals surface area contributed by atoms with Crippen LogP contribution >= 0.6 is 15.9 Å². The van der Waals surface area contributed by atoms with Crippen LogP contribution in [-0.4, -0.2) is 32.5 Å². The zero-order valence-corrected chi connectivity index (χ0v) is 12.7. The summed E-state index contributed by atoms with van der Waals surface area (Å²) in [6, 6.07) is 1.62. The van der Waals surface area contributed by atoms with Gasteiger partial charge in [-0.3, -0.25) is 9.89 Å². The minimum atomic E-state index is -0.0667. The van der Waals surface area contributed by atoms with Crippen molar-refractivity contribution in [3.05, 3.63) is 34.2 Å². The Bertz CT molecular complexity index is 621. The predicted octanol–water partition coefficient (Wildman–Crippen LogP) is 2.84. The second-order valence-electron chi connectivity index (χ2n) is 4.90. The van der Waals surface area contributed by atoms with E-state index in [0.29, 0.717) is 22.6 Å². The number of aryl methyl sites for hydroxylation is 1. The highest BCUT2D eigenvalue weighted by Gasteiger charge is 2.32. The Labute approximate surface area is 124 Å². The van der Waals surface area contributed by atoms with Crippen LogP contribution in [0.5, 0.6) is 0 Å². The van der Waals surface area contributed by atoms with Crippen LogP contribution in [0.15, 0.2) is 21.4 Å². The molecule has 1 aliphatic rings. The highest BCUT2D eigenvalue weighted by atomic mass is 79.9. The number of piperidine rings is 1. The maximum Gasteiger partial charge on any atom is 0.258 e. The molecule has 2 aromatic rings. The Morgan fingerprint density at radius 3 is 3.05 bits per heavy atom. The molecule has 1 fully saturated rings. The lowest BCUT2D eigenvalue weighted by Gasteiger charge is -2.33. The molecular formula is C13H15BrN4O2. The monoisotopic (exact) mass is 338 g/mol. The van der Waals surface area contributed by atoms with E-state index < -0.39 is 0 Å². The number of carbonyl (C=O) groups excluding carboxylic acids is 1. The van der Waals surface area contributed by atoms with Crippen molar-refractivity contribution in [3.63, 3.8) is 0 Å². The van der Waals surface area contributed by atoms with E-state index in [1.165, 1.54) is 6.26 Å². The molecule has 0 radical (unpaired) electrons. The number of nitrogens with one attached hydrogen (secondary N) is 1. The maximum absolute atomic E-state index is 12.6. The lowest BCUT2D eigenvalue weighted by atomic mass is 10.0. The van der Waals surface area contributed by atoms with Crippen LogP contribution < -0.4 is 0 Å². The van der Waals surface area contributed by atoms with Crippen LogP contribution in [0.1, 0.15) is 47.3 Å². The molecule has 0 bridgehead atoms. The van der Waals surface area contributed by atoms with E-state index in [1.54, 1.807) is 6.07 Å². The number of furan rings is 1. The van der Waals surface area contributed by atoms with E-state index in [0.717, 1.165) is 25.1 Å². The van der Waals surface area contributed by atoms with Crippen molar-refractivity contribution in [2.75, 3.05) is 6.54 Å². The fourth-order valence-corrected chi connectivity index (χ4v) is 2.96. The molecule has 1 unspecified atom stereocenters. The number of aromatic amines is 1. The number of rotatable bonds is 2. The Kier molecular flexibility index (Phi) is 3.60.